The van der Waals surface area contributed by atoms with E-state index in [0.717, 1.165) is 13.0 Å². The first-order chi connectivity index (χ1) is 8.90. The molecular weight excluding hydrogens is 245 g/mol. The number of carbonyl (C=O) groups excluding carboxylic acids is 1. The van der Waals surface area contributed by atoms with Crippen LogP contribution in [0.5, 0.6) is 0 Å². The third kappa shape index (κ3) is 5.34. The van der Waals surface area contributed by atoms with Gasteiger partial charge in [-0.05, 0) is 38.6 Å². The van der Waals surface area contributed by atoms with Crippen molar-refractivity contribution in [3.8, 4) is 0 Å². The summed E-state index contributed by atoms with van der Waals surface area (Å²) >= 11 is 0. The molecule has 0 aliphatic heterocycles. The Morgan fingerprint density at radius 3 is 2.68 bits per heavy atom. The van der Waals surface area contributed by atoms with Crippen LogP contribution in [0.4, 0.5) is 4.39 Å². The van der Waals surface area contributed by atoms with E-state index in [2.05, 4.69) is 24.1 Å². The number of nitrogens with one attached hydrogen (secondary N) is 1. The van der Waals surface area contributed by atoms with Gasteiger partial charge in [0.2, 0.25) is 5.95 Å². The molecular formula is C14H22FN3O. The molecule has 0 spiro atoms. The van der Waals surface area contributed by atoms with Gasteiger partial charge in [-0.1, -0.05) is 13.8 Å². The Balaban J connectivity index is 2.73. The van der Waals surface area contributed by atoms with E-state index in [-0.39, 0.29) is 11.6 Å². The topological polar surface area (TPSA) is 45.2 Å². The summed E-state index contributed by atoms with van der Waals surface area (Å²) in [5.41, 5.74) is -0.00462. The van der Waals surface area contributed by atoms with Crippen molar-refractivity contribution in [2.45, 2.75) is 26.3 Å². The first-order valence-corrected chi connectivity index (χ1v) is 6.46. The number of rotatable bonds is 6. The zero-order valence-electron chi connectivity index (χ0n) is 12.0. The van der Waals surface area contributed by atoms with Gasteiger partial charge in [0.05, 0.1) is 5.56 Å². The van der Waals surface area contributed by atoms with Gasteiger partial charge in [-0.25, -0.2) is 4.98 Å². The van der Waals surface area contributed by atoms with Gasteiger partial charge >= 0.3 is 0 Å². The highest BCUT2D eigenvalue weighted by Gasteiger charge is 2.18. The van der Waals surface area contributed by atoms with Gasteiger partial charge in [-0.3, -0.25) is 4.79 Å². The van der Waals surface area contributed by atoms with E-state index in [1.54, 1.807) is 6.07 Å². The van der Waals surface area contributed by atoms with E-state index >= 15 is 0 Å². The van der Waals surface area contributed by atoms with Gasteiger partial charge in [-0.15, -0.1) is 0 Å². The molecule has 0 aliphatic rings. The monoisotopic (exact) mass is 267 g/mol. The molecule has 0 fully saturated rings. The number of amides is 1. The molecule has 106 valence electrons. The van der Waals surface area contributed by atoms with Crippen LogP contribution in [0.25, 0.3) is 0 Å². The molecule has 0 radical (unpaired) electrons. The van der Waals surface area contributed by atoms with Crippen molar-refractivity contribution in [2.75, 3.05) is 20.6 Å². The first kappa shape index (κ1) is 15.6. The van der Waals surface area contributed by atoms with Gasteiger partial charge in [0.1, 0.15) is 0 Å². The second kappa shape index (κ2) is 7.19. The van der Waals surface area contributed by atoms with Crippen LogP contribution in [0.15, 0.2) is 18.3 Å². The highest BCUT2D eigenvalue weighted by atomic mass is 19.1. The zero-order chi connectivity index (χ0) is 14.4. The lowest BCUT2D eigenvalue weighted by Gasteiger charge is -2.24. The third-order valence-electron chi connectivity index (χ3n) is 2.68. The predicted molar refractivity (Wildman–Crippen MR) is 73.5 cm³/mol. The summed E-state index contributed by atoms with van der Waals surface area (Å²) in [6.07, 6.45) is 2.18. The number of likely N-dealkylation sites (N-methyl/N-ethyl adjacent to an activating group) is 1. The number of hydrogen-bond acceptors (Lipinski definition) is 3. The number of hydrogen-bond donors (Lipinski definition) is 1. The lowest BCUT2D eigenvalue weighted by Crippen LogP contribution is -2.42. The molecule has 0 saturated carbocycles. The van der Waals surface area contributed by atoms with E-state index in [0.29, 0.717) is 5.92 Å². The van der Waals surface area contributed by atoms with Crippen molar-refractivity contribution >= 4 is 5.91 Å². The molecule has 1 amide bonds. The minimum absolute atomic E-state index is 0.00195. The lowest BCUT2D eigenvalue weighted by atomic mass is 10.0. The van der Waals surface area contributed by atoms with E-state index in [1.807, 2.05) is 19.0 Å². The van der Waals surface area contributed by atoms with Crippen LogP contribution in [-0.2, 0) is 0 Å². The number of nitrogens with zero attached hydrogens (tertiary/aromatic N) is 2. The molecule has 0 bridgehead atoms. The van der Waals surface area contributed by atoms with Crippen molar-refractivity contribution in [1.29, 1.82) is 0 Å². The van der Waals surface area contributed by atoms with Gasteiger partial charge < -0.3 is 10.2 Å². The predicted octanol–water partition coefficient (Wildman–Crippen LogP) is 1.93. The molecule has 1 heterocycles. The Kier molecular flexibility index (Phi) is 5.89. The van der Waals surface area contributed by atoms with Crippen molar-refractivity contribution in [3.05, 3.63) is 29.8 Å². The number of carbonyl (C=O) groups is 1. The molecule has 1 aromatic heterocycles. The van der Waals surface area contributed by atoms with Crippen LogP contribution in [0.2, 0.25) is 0 Å². The zero-order valence-corrected chi connectivity index (χ0v) is 12.0. The lowest BCUT2D eigenvalue weighted by molar-refractivity contribution is 0.0919. The normalized spacial score (nSPS) is 12.8. The average molecular weight is 267 g/mol. The Morgan fingerprint density at radius 1 is 1.47 bits per heavy atom. The molecule has 0 saturated heterocycles. The standard InChI is InChI=1S/C14H22FN3O/c1-10(2)8-11(9-18(3)4)17-14(19)12-6-5-7-16-13(12)15/h5-7,10-11H,8-9H2,1-4H3,(H,17,19). The number of aromatic nitrogens is 1. The van der Waals surface area contributed by atoms with E-state index in [1.165, 1.54) is 12.3 Å². The quantitative estimate of drug-likeness (QED) is 0.801. The van der Waals surface area contributed by atoms with Gasteiger partial charge in [0.25, 0.3) is 5.91 Å². The van der Waals surface area contributed by atoms with Crippen molar-refractivity contribution in [2.24, 2.45) is 5.92 Å². The number of halogens is 1. The fourth-order valence-corrected chi connectivity index (χ4v) is 2.01. The highest BCUT2D eigenvalue weighted by molar-refractivity contribution is 5.94. The Morgan fingerprint density at radius 2 is 2.16 bits per heavy atom. The smallest absolute Gasteiger partial charge is 0.256 e. The minimum Gasteiger partial charge on any atom is -0.348 e. The van der Waals surface area contributed by atoms with Crippen LogP contribution in [0.1, 0.15) is 30.6 Å². The summed E-state index contributed by atoms with van der Waals surface area (Å²) in [6, 6.07) is 3.00. The van der Waals surface area contributed by atoms with Gasteiger partial charge in [-0.2, -0.15) is 4.39 Å². The number of pyridine rings is 1. The molecule has 0 aliphatic carbocycles. The maximum absolute atomic E-state index is 13.4. The summed E-state index contributed by atoms with van der Waals surface area (Å²) in [5.74, 6) is -0.671. The van der Waals surface area contributed by atoms with Crippen molar-refractivity contribution in [1.82, 2.24) is 15.2 Å². The second-order valence-corrected chi connectivity index (χ2v) is 5.40. The van der Waals surface area contributed by atoms with Crippen LogP contribution in [0.3, 0.4) is 0 Å². The van der Waals surface area contributed by atoms with E-state index < -0.39 is 11.9 Å². The molecule has 1 aromatic rings. The molecule has 5 heteroatoms. The molecule has 1 N–H and O–H groups in total. The maximum Gasteiger partial charge on any atom is 0.256 e. The summed E-state index contributed by atoms with van der Waals surface area (Å²) in [6.45, 7) is 4.92. The molecule has 1 unspecified atom stereocenters. The Labute approximate surface area is 114 Å². The third-order valence-corrected chi connectivity index (χ3v) is 2.68. The fraction of sp³-hybridized carbons (Fsp3) is 0.571. The highest BCUT2D eigenvalue weighted by Crippen LogP contribution is 2.08. The van der Waals surface area contributed by atoms with Crippen LogP contribution in [-0.4, -0.2) is 42.5 Å². The second-order valence-electron chi connectivity index (χ2n) is 5.40. The van der Waals surface area contributed by atoms with E-state index in [9.17, 15) is 9.18 Å². The molecule has 0 aromatic carbocycles. The summed E-state index contributed by atoms with van der Waals surface area (Å²) in [5, 5.41) is 2.88. The van der Waals surface area contributed by atoms with Crippen LogP contribution >= 0.6 is 0 Å². The Hall–Kier alpha value is -1.49. The molecule has 1 atom stereocenters. The SMILES string of the molecule is CC(C)CC(CN(C)C)NC(=O)c1cccnc1F. The molecule has 19 heavy (non-hydrogen) atoms. The summed E-state index contributed by atoms with van der Waals surface area (Å²) < 4.78 is 13.4. The van der Waals surface area contributed by atoms with Gasteiger partial charge in [0.15, 0.2) is 0 Å². The van der Waals surface area contributed by atoms with Crippen LogP contribution in [0, 0.1) is 11.9 Å². The molecule has 4 nitrogen and oxygen atoms in total. The largest absolute Gasteiger partial charge is 0.348 e. The van der Waals surface area contributed by atoms with Crippen LogP contribution < -0.4 is 5.32 Å². The van der Waals surface area contributed by atoms with E-state index in [4.69, 9.17) is 0 Å². The maximum atomic E-state index is 13.4. The minimum atomic E-state index is -0.729. The van der Waals surface area contributed by atoms with Crippen molar-refractivity contribution in [3.63, 3.8) is 0 Å². The molecule has 1 rings (SSSR count). The average Bonchev–Trinajstić information content (AvgIpc) is 2.27. The first-order valence-electron chi connectivity index (χ1n) is 6.46. The van der Waals surface area contributed by atoms with Gasteiger partial charge in [0, 0.05) is 18.8 Å². The summed E-state index contributed by atoms with van der Waals surface area (Å²) in [7, 11) is 3.90. The Bertz CT molecular complexity index is 411. The fourth-order valence-electron chi connectivity index (χ4n) is 2.01. The van der Waals surface area contributed by atoms with Crippen molar-refractivity contribution < 1.29 is 9.18 Å². The summed E-state index contributed by atoms with van der Waals surface area (Å²) in [4.78, 5) is 17.5.